The second kappa shape index (κ2) is 10.8. The first-order valence-electron chi connectivity index (χ1n) is 12.3. The van der Waals surface area contributed by atoms with Crippen LogP contribution in [0.25, 0.3) is 11.3 Å². The molecule has 3 aromatic carbocycles. The van der Waals surface area contributed by atoms with Gasteiger partial charge in [0, 0.05) is 55.7 Å². The van der Waals surface area contributed by atoms with Gasteiger partial charge >= 0.3 is 0 Å². The first-order chi connectivity index (χ1) is 17.6. The first kappa shape index (κ1) is 23.8. The van der Waals surface area contributed by atoms with E-state index < -0.39 is 0 Å². The van der Waals surface area contributed by atoms with Crippen molar-refractivity contribution >= 4 is 40.1 Å². The summed E-state index contributed by atoms with van der Waals surface area (Å²) in [7, 11) is 0. The highest BCUT2D eigenvalue weighted by atomic mass is 16.5. The molecule has 0 unspecified atom stereocenters. The predicted molar refractivity (Wildman–Crippen MR) is 144 cm³/mol. The second-order valence-electron chi connectivity index (χ2n) is 8.91. The van der Waals surface area contributed by atoms with Gasteiger partial charge in [0.25, 0.3) is 5.91 Å². The van der Waals surface area contributed by atoms with Crippen LogP contribution in [0.3, 0.4) is 0 Å². The van der Waals surface area contributed by atoms with Crippen LogP contribution < -0.4 is 15.5 Å². The first-order valence-corrected chi connectivity index (χ1v) is 12.3. The van der Waals surface area contributed by atoms with Crippen LogP contribution in [0.2, 0.25) is 0 Å². The van der Waals surface area contributed by atoms with E-state index in [0.717, 1.165) is 66.7 Å². The van der Waals surface area contributed by atoms with Crippen LogP contribution in [0.5, 0.6) is 0 Å². The third-order valence-corrected chi connectivity index (χ3v) is 6.56. The number of hydrogen-bond donors (Lipinski definition) is 2. The minimum absolute atomic E-state index is 0.00953. The lowest BCUT2D eigenvalue weighted by molar-refractivity contribution is -0.116. The van der Waals surface area contributed by atoms with E-state index in [2.05, 4.69) is 15.5 Å². The Labute approximate surface area is 211 Å². The molecule has 36 heavy (non-hydrogen) atoms. The highest BCUT2D eigenvalue weighted by Crippen LogP contribution is 2.37. The van der Waals surface area contributed by atoms with Crippen LogP contribution in [0, 0.1) is 0 Å². The fourth-order valence-corrected chi connectivity index (χ4v) is 4.65. The van der Waals surface area contributed by atoms with E-state index in [9.17, 15) is 9.59 Å². The van der Waals surface area contributed by atoms with Crippen LogP contribution in [0.4, 0.5) is 17.1 Å². The molecule has 0 spiro atoms. The summed E-state index contributed by atoms with van der Waals surface area (Å²) in [6, 6.07) is 25.3. The van der Waals surface area contributed by atoms with Gasteiger partial charge in [-0.05, 0) is 35.9 Å². The fourth-order valence-electron chi connectivity index (χ4n) is 4.65. The number of para-hydroxylation sites is 1. The molecule has 2 heterocycles. The maximum Gasteiger partial charge on any atom is 0.258 e. The Bertz CT molecular complexity index is 1270. The average Bonchev–Trinajstić information content (AvgIpc) is 3.24. The lowest BCUT2D eigenvalue weighted by Gasteiger charge is -2.29. The SMILES string of the molecule is CC(=O)N(CCN1CCOCC1)c1ccc(NC(=C2C(=O)Nc3ccccc32)c2ccccc2)cc1. The Hall–Kier alpha value is -3.94. The summed E-state index contributed by atoms with van der Waals surface area (Å²) >= 11 is 0. The number of amides is 2. The quantitative estimate of drug-likeness (QED) is 0.491. The average molecular weight is 483 g/mol. The highest BCUT2D eigenvalue weighted by Gasteiger charge is 2.28. The van der Waals surface area contributed by atoms with Crippen LogP contribution >= 0.6 is 0 Å². The van der Waals surface area contributed by atoms with Gasteiger partial charge in [-0.3, -0.25) is 14.5 Å². The number of morpholine rings is 1. The van der Waals surface area contributed by atoms with Crippen molar-refractivity contribution in [2.45, 2.75) is 6.92 Å². The van der Waals surface area contributed by atoms with Gasteiger partial charge in [-0.2, -0.15) is 0 Å². The van der Waals surface area contributed by atoms with Gasteiger partial charge in [0.1, 0.15) is 0 Å². The molecule has 5 rings (SSSR count). The number of carbonyl (C=O) groups excluding carboxylic acids is 2. The Morgan fingerprint density at radius 2 is 1.67 bits per heavy atom. The van der Waals surface area contributed by atoms with Crippen LogP contribution in [0.15, 0.2) is 78.9 Å². The van der Waals surface area contributed by atoms with Crippen molar-refractivity contribution in [1.29, 1.82) is 0 Å². The highest BCUT2D eigenvalue weighted by molar-refractivity contribution is 6.37. The molecule has 2 aliphatic rings. The van der Waals surface area contributed by atoms with E-state index in [1.807, 2.05) is 78.9 Å². The van der Waals surface area contributed by atoms with Gasteiger partial charge in [-0.1, -0.05) is 48.5 Å². The molecule has 1 saturated heterocycles. The lowest BCUT2D eigenvalue weighted by Crippen LogP contribution is -2.42. The third kappa shape index (κ3) is 5.17. The Morgan fingerprint density at radius 1 is 0.972 bits per heavy atom. The van der Waals surface area contributed by atoms with E-state index in [-0.39, 0.29) is 11.8 Å². The molecule has 0 saturated carbocycles. The van der Waals surface area contributed by atoms with E-state index >= 15 is 0 Å². The minimum atomic E-state index is -0.134. The number of anilines is 3. The Kier molecular flexibility index (Phi) is 7.11. The Balaban J connectivity index is 1.41. The summed E-state index contributed by atoms with van der Waals surface area (Å²) in [5.41, 5.74) is 5.62. The zero-order chi connectivity index (χ0) is 24.9. The number of rotatable bonds is 7. The third-order valence-electron chi connectivity index (χ3n) is 6.56. The second-order valence-corrected chi connectivity index (χ2v) is 8.91. The van der Waals surface area contributed by atoms with Gasteiger partial charge in [-0.25, -0.2) is 0 Å². The van der Waals surface area contributed by atoms with E-state index in [1.54, 1.807) is 11.8 Å². The van der Waals surface area contributed by atoms with E-state index in [1.165, 1.54) is 0 Å². The summed E-state index contributed by atoms with van der Waals surface area (Å²) in [4.78, 5) is 29.5. The fraction of sp³-hybridized carbons (Fsp3) is 0.241. The van der Waals surface area contributed by atoms with Gasteiger partial charge in [0.05, 0.1) is 24.5 Å². The number of ether oxygens (including phenoxy) is 1. The number of hydrogen-bond acceptors (Lipinski definition) is 5. The maximum atomic E-state index is 13.0. The molecule has 7 nitrogen and oxygen atoms in total. The van der Waals surface area contributed by atoms with Crippen LogP contribution in [-0.2, 0) is 14.3 Å². The van der Waals surface area contributed by atoms with Crippen molar-refractivity contribution in [3.05, 3.63) is 90.0 Å². The predicted octanol–water partition coefficient (Wildman–Crippen LogP) is 4.30. The molecule has 2 N–H and O–H groups in total. The van der Waals surface area contributed by atoms with Gasteiger partial charge in [0.2, 0.25) is 5.91 Å². The van der Waals surface area contributed by atoms with Crippen LogP contribution in [-0.4, -0.2) is 56.1 Å². The van der Waals surface area contributed by atoms with E-state index in [0.29, 0.717) is 12.1 Å². The zero-order valence-corrected chi connectivity index (χ0v) is 20.4. The number of nitrogens with one attached hydrogen (secondary N) is 2. The number of nitrogens with zero attached hydrogens (tertiary/aromatic N) is 2. The zero-order valence-electron chi connectivity index (χ0n) is 20.4. The molecule has 0 aromatic heterocycles. The molecular formula is C29H30N4O3. The molecule has 3 aromatic rings. The number of carbonyl (C=O) groups is 2. The molecule has 0 aliphatic carbocycles. The Morgan fingerprint density at radius 3 is 2.39 bits per heavy atom. The lowest BCUT2D eigenvalue weighted by atomic mass is 10.00. The largest absolute Gasteiger partial charge is 0.379 e. The number of fused-ring (bicyclic) bond motifs is 1. The van der Waals surface area contributed by atoms with E-state index in [4.69, 9.17) is 4.74 Å². The smallest absolute Gasteiger partial charge is 0.258 e. The molecule has 1 fully saturated rings. The van der Waals surface area contributed by atoms with Crippen molar-refractivity contribution in [3.63, 3.8) is 0 Å². The van der Waals surface area contributed by atoms with Gasteiger partial charge in [-0.15, -0.1) is 0 Å². The monoisotopic (exact) mass is 482 g/mol. The van der Waals surface area contributed by atoms with Crippen molar-refractivity contribution in [3.8, 4) is 0 Å². The van der Waals surface area contributed by atoms with Crippen molar-refractivity contribution in [1.82, 2.24) is 4.90 Å². The van der Waals surface area contributed by atoms with Crippen molar-refractivity contribution in [2.75, 3.05) is 54.9 Å². The summed E-state index contributed by atoms with van der Waals surface area (Å²) < 4.78 is 5.42. The minimum Gasteiger partial charge on any atom is -0.379 e. The van der Waals surface area contributed by atoms with Crippen LogP contribution in [0.1, 0.15) is 18.1 Å². The van der Waals surface area contributed by atoms with Crippen molar-refractivity contribution in [2.24, 2.45) is 0 Å². The summed E-state index contributed by atoms with van der Waals surface area (Å²) in [6.45, 7) is 6.29. The molecule has 7 heteroatoms. The summed E-state index contributed by atoms with van der Waals surface area (Å²) in [5.74, 6) is -0.125. The summed E-state index contributed by atoms with van der Waals surface area (Å²) in [5, 5.41) is 6.45. The molecule has 0 radical (unpaired) electrons. The maximum absolute atomic E-state index is 13.0. The topological polar surface area (TPSA) is 73.9 Å². The molecule has 2 amide bonds. The molecule has 184 valence electrons. The molecular weight excluding hydrogens is 452 g/mol. The van der Waals surface area contributed by atoms with Crippen molar-refractivity contribution < 1.29 is 14.3 Å². The molecule has 2 aliphatic heterocycles. The molecule has 0 atom stereocenters. The number of benzene rings is 3. The summed E-state index contributed by atoms with van der Waals surface area (Å²) in [6.07, 6.45) is 0. The standard InChI is InChI=1S/C29H30N4O3/c1-21(34)33(16-15-32-17-19-36-20-18-32)24-13-11-23(12-14-24)30-28(22-7-3-2-4-8-22)27-25-9-5-6-10-26(25)31-29(27)35/h2-14,30H,15-20H2,1H3,(H,31,35). The normalized spacial score (nSPS) is 16.8. The molecule has 0 bridgehead atoms. The van der Waals surface area contributed by atoms with Gasteiger partial charge in [0.15, 0.2) is 0 Å². The van der Waals surface area contributed by atoms with Gasteiger partial charge < -0.3 is 20.3 Å².